The van der Waals surface area contributed by atoms with Crippen LogP contribution in [0.2, 0.25) is 0 Å². The maximum atomic E-state index is 2.64. The van der Waals surface area contributed by atoms with Crippen LogP contribution in [0.15, 0.2) is 0 Å². The predicted octanol–water partition coefficient (Wildman–Crippen LogP) is 2.26. The summed E-state index contributed by atoms with van der Waals surface area (Å²) in [7, 11) is 0. The molecule has 2 rings (SSSR count). The van der Waals surface area contributed by atoms with Gasteiger partial charge < -0.3 is 0 Å². The van der Waals surface area contributed by atoms with E-state index in [-0.39, 0.29) is 0 Å². The normalized spacial score (nSPS) is 43.2. The molecule has 13 heavy (non-hydrogen) atoms. The molecule has 2 aliphatic rings. The summed E-state index contributed by atoms with van der Waals surface area (Å²) in [5.74, 6) is 0. The summed E-state index contributed by atoms with van der Waals surface area (Å²) >= 11 is 0. The number of rotatable bonds is 1. The van der Waals surface area contributed by atoms with E-state index >= 15 is 0 Å². The molecule has 2 heterocycles. The van der Waals surface area contributed by atoms with E-state index in [2.05, 4.69) is 30.8 Å². The molecule has 76 valence electrons. The molecule has 0 aliphatic carbocycles. The lowest BCUT2D eigenvalue weighted by Crippen LogP contribution is -2.49. The van der Waals surface area contributed by atoms with Gasteiger partial charge in [0.25, 0.3) is 0 Å². The van der Waals surface area contributed by atoms with Crippen molar-refractivity contribution in [2.45, 2.75) is 64.6 Å². The Bertz CT molecular complexity index is 171. The monoisotopic (exact) mass is 182 g/mol. The molecule has 0 radical (unpaired) electrons. The molecule has 2 saturated heterocycles. The minimum atomic E-state index is 0.774. The lowest BCUT2D eigenvalue weighted by atomic mass is 10.2. The third-order valence-electron chi connectivity index (χ3n) is 3.72. The zero-order chi connectivity index (χ0) is 9.42. The Hall–Kier alpha value is -0.0800. The van der Waals surface area contributed by atoms with Gasteiger partial charge in [0, 0.05) is 24.7 Å². The maximum Gasteiger partial charge on any atom is 0.0221 e. The predicted molar refractivity (Wildman–Crippen MR) is 55.4 cm³/mol. The second kappa shape index (κ2) is 3.58. The number of nitrogens with zero attached hydrogens (tertiary/aromatic N) is 2. The van der Waals surface area contributed by atoms with Gasteiger partial charge >= 0.3 is 0 Å². The molecule has 0 aromatic heterocycles. The second-order valence-electron chi connectivity index (χ2n) is 4.81. The summed E-state index contributed by atoms with van der Waals surface area (Å²) in [6.07, 6.45) is 5.53. The number of hydrogen-bond acceptors (Lipinski definition) is 2. The largest absolute Gasteiger partial charge is 0.238 e. The van der Waals surface area contributed by atoms with E-state index < -0.39 is 0 Å². The first-order chi connectivity index (χ1) is 6.20. The average Bonchev–Trinajstić information content (AvgIpc) is 2.60. The van der Waals surface area contributed by atoms with Gasteiger partial charge in [-0.25, -0.2) is 10.0 Å². The van der Waals surface area contributed by atoms with Gasteiger partial charge in [0.2, 0.25) is 0 Å². The van der Waals surface area contributed by atoms with E-state index in [9.17, 15) is 0 Å². The van der Waals surface area contributed by atoms with Gasteiger partial charge in [-0.1, -0.05) is 0 Å². The topological polar surface area (TPSA) is 6.48 Å². The summed E-state index contributed by atoms with van der Waals surface area (Å²) in [6.45, 7) is 8.39. The highest BCUT2D eigenvalue weighted by molar-refractivity contribution is 4.85. The van der Waals surface area contributed by atoms with Crippen LogP contribution in [0.25, 0.3) is 0 Å². The average molecular weight is 182 g/mol. The molecule has 3 atom stereocenters. The lowest BCUT2D eigenvalue weighted by molar-refractivity contribution is -0.0637. The van der Waals surface area contributed by atoms with E-state index in [1.54, 1.807) is 0 Å². The molecular weight excluding hydrogens is 160 g/mol. The van der Waals surface area contributed by atoms with Gasteiger partial charge in [0.15, 0.2) is 0 Å². The highest BCUT2D eigenvalue weighted by Gasteiger charge is 2.35. The molecule has 2 aliphatic heterocycles. The Morgan fingerprint density at radius 2 is 1.46 bits per heavy atom. The Kier molecular flexibility index (Phi) is 2.61. The summed E-state index contributed by atoms with van der Waals surface area (Å²) in [4.78, 5) is 0. The molecule has 0 amide bonds. The number of hydrogen-bond donors (Lipinski definition) is 0. The van der Waals surface area contributed by atoms with E-state index in [1.807, 2.05) is 0 Å². The van der Waals surface area contributed by atoms with Crippen molar-refractivity contribution in [1.29, 1.82) is 0 Å². The molecule has 2 unspecified atom stereocenters. The van der Waals surface area contributed by atoms with E-state index in [0.29, 0.717) is 0 Å². The van der Waals surface area contributed by atoms with E-state index in [0.717, 1.165) is 18.1 Å². The molecule has 2 fully saturated rings. The highest BCUT2D eigenvalue weighted by Crippen LogP contribution is 2.30. The standard InChI is InChI=1S/C11H22N2/c1-9-5-4-8-12(9)13-10(2)6-7-11(13)3/h9-11H,4-8H2,1-3H3/t9-,10?,11?/m0/s1. The summed E-state index contributed by atoms with van der Waals surface area (Å²) < 4.78 is 0. The van der Waals surface area contributed by atoms with Gasteiger partial charge in [-0.2, -0.15) is 0 Å². The van der Waals surface area contributed by atoms with Crippen LogP contribution in [0, 0.1) is 0 Å². The Balaban J connectivity index is 2.05. The summed E-state index contributed by atoms with van der Waals surface area (Å²) in [5.41, 5.74) is 0. The van der Waals surface area contributed by atoms with Crippen molar-refractivity contribution in [2.75, 3.05) is 6.54 Å². The Morgan fingerprint density at radius 3 is 1.92 bits per heavy atom. The Morgan fingerprint density at radius 1 is 0.846 bits per heavy atom. The molecule has 0 aromatic rings. The quantitative estimate of drug-likeness (QED) is 0.614. The van der Waals surface area contributed by atoms with E-state index in [4.69, 9.17) is 0 Å². The molecule has 0 N–H and O–H groups in total. The van der Waals surface area contributed by atoms with Crippen molar-refractivity contribution in [2.24, 2.45) is 0 Å². The molecule has 0 saturated carbocycles. The van der Waals surface area contributed by atoms with Crippen LogP contribution in [-0.4, -0.2) is 34.7 Å². The number of hydrazine groups is 1. The molecule has 0 bridgehead atoms. The molecular formula is C11H22N2. The van der Waals surface area contributed by atoms with Crippen molar-refractivity contribution in [1.82, 2.24) is 10.0 Å². The van der Waals surface area contributed by atoms with Crippen molar-refractivity contribution in [3.8, 4) is 0 Å². The van der Waals surface area contributed by atoms with Gasteiger partial charge in [-0.05, 0) is 46.5 Å². The third-order valence-corrected chi connectivity index (χ3v) is 3.72. The van der Waals surface area contributed by atoms with Gasteiger partial charge in [0.05, 0.1) is 0 Å². The highest BCUT2D eigenvalue weighted by atomic mass is 15.7. The third kappa shape index (κ3) is 1.62. The van der Waals surface area contributed by atoms with Crippen molar-refractivity contribution in [3.63, 3.8) is 0 Å². The zero-order valence-corrected chi connectivity index (χ0v) is 9.16. The first kappa shape index (κ1) is 9.47. The fourth-order valence-electron chi connectivity index (χ4n) is 2.95. The van der Waals surface area contributed by atoms with Crippen molar-refractivity contribution >= 4 is 0 Å². The smallest absolute Gasteiger partial charge is 0.0221 e. The SMILES string of the molecule is CC1CCC(C)N1N1CCC[C@@H]1C. The van der Waals surface area contributed by atoms with Crippen LogP contribution in [0.3, 0.4) is 0 Å². The fourth-order valence-corrected chi connectivity index (χ4v) is 2.95. The molecule has 2 nitrogen and oxygen atoms in total. The van der Waals surface area contributed by atoms with E-state index in [1.165, 1.54) is 32.2 Å². The minimum Gasteiger partial charge on any atom is -0.238 e. The van der Waals surface area contributed by atoms with Gasteiger partial charge in [0.1, 0.15) is 0 Å². The molecule has 2 heteroatoms. The zero-order valence-electron chi connectivity index (χ0n) is 9.16. The van der Waals surface area contributed by atoms with Crippen LogP contribution in [0.5, 0.6) is 0 Å². The van der Waals surface area contributed by atoms with Crippen LogP contribution in [-0.2, 0) is 0 Å². The van der Waals surface area contributed by atoms with Crippen molar-refractivity contribution in [3.05, 3.63) is 0 Å². The van der Waals surface area contributed by atoms with Crippen LogP contribution in [0.1, 0.15) is 46.5 Å². The Labute approximate surface area is 81.9 Å². The minimum absolute atomic E-state index is 0.774. The molecule has 0 spiro atoms. The fraction of sp³-hybridized carbons (Fsp3) is 1.00. The summed E-state index contributed by atoms with van der Waals surface area (Å²) in [6, 6.07) is 2.33. The lowest BCUT2D eigenvalue weighted by Gasteiger charge is -2.38. The van der Waals surface area contributed by atoms with Crippen LogP contribution in [0.4, 0.5) is 0 Å². The van der Waals surface area contributed by atoms with Crippen LogP contribution >= 0.6 is 0 Å². The first-order valence-corrected chi connectivity index (χ1v) is 5.75. The summed E-state index contributed by atoms with van der Waals surface area (Å²) in [5, 5.41) is 5.25. The first-order valence-electron chi connectivity index (χ1n) is 5.75. The maximum absolute atomic E-state index is 2.64. The molecule has 0 aromatic carbocycles. The van der Waals surface area contributed by atoms with Crippen molar-refractivity contribution < 1.29 is 0 Å². The van der Waals surface area contributed by atoms with Gasteiger partial charge in [-0.3, -0.25) is 0 Å². The van der Waals surface area contributed by atoms with Gasteiger partial charge in [-0.15, -0.1) is 0 Å². The second-order valence-corrected chi connectivity index (χ2v) is 4.81. The van der Waals surface area contributed by atoms with Crippen LogP contribution < -0.4 is 0 Å².